The zero-order chi connectivity index (χ0) is 6.24. The van der Waals surface area contributed by atoms with Gasteiger partial charge < -0.3 is 0 Å². The van der Waals surface area contributed by atoms with Crippen molar-refractivity contribution in [3.8, 4) is 12.0 Å². The Hall–Kier alpha value is -0.640. The molecule has 0 amide bonds. The van der Waals surface area contributed by atoms with Crippen LogP contribution in [0.5, 0.6) is 0 Å². The molecule has 45 valence electrons. The highest BCUT2D eigenvalue weighted by molar-refractivity contribution is 4.94. The van der Waals surface area contributed by atoms with E-state index in [1.165, 1.54) is 0 Å². The molecule has 0 aromatic carbocycles. The highest BCUT2D eigenvalue weighted by Gasteiger charge is 1.72. The van der Waals surface area contributed by atoms with Gasteiger partial charge in [0.05, 0.1) is 0 Å². The van der Waals surface area contributed by atoms with Crippen molar-refractivity contribution in [2.24, 2.45) is 0 Å². The highest BCUT2D eigenvalue weighted by atomic mass is 14.8. The third-order valence-corrected chi connectivity index (χ3v) is 0.670. The van der Waals surface area contributed by atoms with Crippen LogP contribution in [0.15, 0.2) is 0 Å². The SMILES string of the molecule is CCC#C[N]CCC. The van der Waals surface area contributed by atoms with Crippen molar-refractivity contribution in [1.82, 2.24) is 5.32 Å². The van der Waals surface area contributed by atoms with Crippen LogP contribution in [0.25, 0.3) is 0 Å². The molecule has 0 fully saturated rings. The zero-order valence-electron chi connectivity index (χ0n) is 5.57. The van der Waals surface area contributed by atoms with Gasteiger partial charge in [-0.1, -0.05) is 19.8 Å². The molecular formula is C7H12N. The molecule has 0 atom stereocenters. The summed E-state index contributed by atoms with van der Waals surface area (Å²) in [6.45, 7) is 5.00. The summed E-state index contributed by atoms with van der Waals surface area (Å²) in [6, 6.07) is 2.71. The normalized spacial score (nSPS) is 7.25. The van der Waals surface area contributed by atoms with E-state index in [0.717, 1.165) is 19.4 Å². The van der Waals surface area contributed by atoms with Crippen LogP contribution < -0.4 is 5.32 Å². The molecule has 0 saturated carbocycles. The molecule has 0 aliphatic carbocycles. The lowest BCUT2D eigenvalue weighted by Gasteiger charge is -1.83. The maximum Gasteiger partial charge on any atom is 0.0488 e. The number of hydrogen-bond acceptors (Lipinski definition) is 0. The molecule has 0 saturated heterocycles. The van der Waals surface area contributed by atoms with Crippen molar-refractivity contribution in [2.45, 2.75) is 26.7 Å². The Labute approximate surface area is 51.5 Å². The Morgan fingerprint density at radius 3 is 2.62 bits per heavy atom. The van der Waals surface area contributed by atoms with Gasteiger partial charge in [-0.15, -0.1) is 0 Å². The summed E-state index contributed by atoms with van der Waals surface area (Å²) in [7, 11) is 0. The summed E-state index contributed by atoms with van der Waals surface area (Å²) in [6.07, 6.45) is 2.01. The fourth-order valence-electron chi connectivity index (χ4n) is 0.303. The van der Waals surface area contributed by atoms with Gasteiger partial charge in [-0.25, -0.2) is 5.32 Å². The van der Waals surface area contributed by atoms with E-state index in [2.05, 4.69) is 24.2 Å². The van der Waals surface area contributed by atoms with E-state index in [0.29, 0.717) is 0 Å². The summed E-state index contributed by atoms with van der Waals surface area (Å²) in [4.78, 5) is 0. The molecule has 0 heterocycles. The van der Waals surface area contributed by atoms with Gasteiger partial charge in [0.25, 0.3) is 0 Å². The predicted octanol–water partition coefficient (Wildman–Crippen LogP) is 1.37. The molecule has 0 aromatic rings. The van der Waals surface area contributed by atoms with Gasteiger partial charge in [-0.05, 0) is 6.42 Å². The summed E-state index contributed by atoms with van der Waals surface area (Å²) in [5.41, 5.74) is 0. The first kappa shape index (κ1) is 7.36. The van der Waals surface area contributed by atoms with Crippen LogP contribution in [0, 0.1) is 12.0 Å². The van der Waals surface area contributed by atoms with Crippen molar-refractivity contribution in [3.63, 3.8) is 0 Å². The summed E-state index contributed by atoms with van der Waals surface area (Å²) >= 11 is 0. The largest absolute Gasteiger partial charge is 0.236 e. The zero-order valence-corrected chi connectivity index (χ0v) is 5.57. The Balaban J connectivity index is 2.90. The van der Waals surface area contributed by atoms with E-state index in [1.54, 1.807) is 0 Å². The molecule has 0 aliphatic rings. The topological polar surface area (TPSA) is 14.1 Å². The lowest BCUT2D eigenvalue weighted by Crippen LogP contribution is -1.95. The first-order valence-electron chi connectivity index (χ1n) is 3.06. The van der Waals surface area contributed by atoms with Crippen molar-refractivity contribution in [1.29, 1.82) is 0 Å². The van der Waals surface area contributed by atoms with Crippen LogP contribution in [0.3, 0.4) is 0 Å². The Morgan fingerprint density at radius 2 is 2.12 bits per heavy atom. The second-order valence-electron chi connectivity index (χ2n) is 1.52. The van der Waals surface area contributed by atoms with Crippen LogP contribution in [0.4, 0.5) is 0 Å². The summed E-state index contributed by atoms with van der Waals surface area (Å²) < 4.78 is 0. The van der Waals surface area contributed by atoms with E-state index in [1.807, 2.05) is 6.92 Å². The minimum Gasteiger partial charge on any atom is -0.236 e. The minimum absolute atomic E-state index is 0.882. The molecule has 0 aliphatic heterocycles. The predicted molar refractivity (Wildman–Crippen MR) is 35.4 cm³/mol. The first-order valence-corrected chi connectivity index (χ1v) is 3.06. The van der Waals surface area contributed by atoms with E-state index in [-0.39, 0.29) is 0 Å². The maximum absolute atomic E-state index is 3.92. The summed E-state index contributed by atoms with van der Waals surface area (Å²) in [5.74, 6) is 2.87. The smallest absolute Gasteiger partial charge is 0.0488 e. The van der Waals surface area contributed by atoms with Crippen LogP contribution in [-0.2, 0) is 0 Å². The van der Waals surface area contributed by atoms with Crippen LogP contribution in [0.1, 0.15) is 26.7 Å². The van der Waals surface area contributed by atoms with E-state index in [9.17, 15) is 0 Å². The molecule has 0 unspecified atom stereocenters. The molecule has 1 heteroatoms. The van der Waals surface area contributed by atoms with E-state index < -0.39 is 0 Å². The molecule has 0 bridgehead atoms. The van der Waals surface area contributed by atoms with Crippen molar-refractivity contribution < 1.29 is 0 Å². The number of hydrogen-bond donors (Lipinski definition) is 0. The number of nitrogens with zero attached hydrogens (tertiary/aromatic N) is 1. The monoisotopic (exact) mass is 110 g/mol. The second kappa shape index (κ2) is 6.36. The van der Waals surface area contributed by atoms with Gasteiger partial charge in [0.15, 0.2) is 0 Å². The fraction of sp³-hybridized carbons (Fsp3) is 0.714. The first-order chi connectivity index (χ1) is 3.91. The lowest BCUT2D eigenvalue weighted by atomic mass is 10.5. The Morgan fingerprint density at radius 1 is 1.38 bits per heavy atom. The molecule has 8 heavy (non-hydrogen) atoms. The highest BCUT2D eigenvalue weighted by Crippen LogP contribution is 1.70. The average Bonchev–Trinajstić information content (AvgIpc) is 1.81. The average molecular weight is 110 g/mol. The molecule has 1 radical (unpaired) electrons. The van der Waals surface area contributed by atoms with Crippen LogP contribution in [-0.4, -0.2) is 6.54 Å². The van der Waals surface area contributed by atoms with Crippen molar-refractivity contribution in [2.75, 3.05) is 6.54 Å². The molecule has 0 rings (SSSR count). The van der Waals surface area contributed by atoms with Gasteiger partial charge in [-0.3, -0.25) is 0 Å². The third-order valence-electron chi connectivity index (χ3n) is 0.670. The molecule has 0 aromatic heterocycles. The van der Waals surface area contributed by atoms with Gasteiger partial charge in [0.1, 0.15) is 0 Å². The Bertz CT molecular complexity index is 86.3. The molecule has 1 nitrogen and oxygen atoms in total. The lowest BCUT2D eigenvalue weighted by molar-refractivity contribution is 0.816. The molecular weight excluding hydrogens is 98.1 g/mol. The van der Waals surface area contributed by atoms with Crippen LogP contribution in [0.2, 0.25) is 0 Å². The third kappa shape index (κ3) is 5.36. The van der Waals surface area contributed by atoms with E-state index >= 15 is 0 Å². The van der Waals surface area contributed by atoms with Gasteiger partial charge in [-0.2, -0.15) is 0 Å². The summed E-state index contributed by atoms with van der Waals surface area (Å²) in [5, 5.41) is 3.92. The van der Waals surface area contributed by atoms with Gasteiger partial charge in [0, 0.05) is 19.0 Å². The second-order valence-corrected chi connectivity index (χ2v) is 1.52. The number of rotatable bonds is 2. The van der Waals surface area contributed by atoms with Crippen LogP contribution >= 0.6 is 0 Å². The van der Waals surface area contributed by atoms with Gasteiger partial charge in [0.2, 0.25) is 0 Å². The minimum atomic E-state index is 0.882. The molecule has 0 N–H and O–H groups in total. The Kier molecular flexibility index (Phi) is 5.85. The van der Waals surface area contributed by atoms with Crippen molar-refractivity contribution >= 4 is 0 Å². The maximum atomic E-state index is 3.92. The van der Waals surface area contributed by atoms with E-state index in [4.69, 9.17) is 0 Å². The quantitative estimate of drug-likeness (QED) is 0.376. The fourth-order valence-corrected chi connectivity index (χ4v) is 0.303. The van der Waals surface area contributed by atoms with Gasteiger partial charge >= 0.3 is 0 Å². The van der Waals surface area contributed by atoms with Crippen molar-refractivity contribution in [3.05, 3.63) is 0 Å². The molecule has 0 spiro atoms. The standard InChI is InChI=1S/C7H12N/c1-3-5-7-8-6-4-2/h3-4,6H2,1-2H3.